The molecule has 182 valence electrons. The van der Waals surface area contributed by atoms with Crippen LogP contribution in [0.4, 0.5) is 21.6 Å². The molecule has 2 heterocycles. The van der Waals surface area contributed by atoms with Gasteiger partial charge in [-0.25, -0.2) is 4.39 Å². The topological polar surface area (TPSA) is 113 Å². The van der Waals surface area contributed by atoms with Gasteiger partial charge < -0.3 is 21.1 Å². The van der Waals surface area contributed by atoms with Gasteiger partial charge in [0.25, 0.3) is 11.8 Å². The van der Waals surface area contributed by atoms with Crippen molar-refractivity contribution in [3.05, 3.63) is 107 Å². The smallest absolute Gasteiger partial charge is 0.261 e. The Morgan fingerprint density at radius 3 is 2.53 bits per heavy atom. The van der Waals surface area contributed by atoms with Crippen molar-refractivity contribution in [1.29, 1.82) is 0 Å². The zero-order valence-electron chi connectivity index (χ0n) is 19.7. The highest BCUT2D eigenvalue weighted by atomic mass is 19.1. The van der Waals surface area contributed by atoms with E-state index in [1.54, 1.807) is 36.1 Å². The van der Waals surface area contributed by atoms with Gasteiger partial charge in [-0.2, -0.15) is 5.10 Å². The lowest BCUT2D eigenvalue weighted by molar-refractivity contribution is -0.133. The number of aromatic nitrogens is 2. The molecule has 0 fully saturated rings. The minimum atomic E-state index is -2.26. The van der Waals surface area contributed by atoms with Crippen molar-refractivity contribution in [3.8, 4) is 0 Å². The third kappa shape index (κ3) is 3.70. The maximum Gasteiger partial charge on any atom is 0.261 e. The largest absolute Gasteiger partial charge is 0.372 e. The molecule has 0 radical (unpaired) electrons. The highest BCUT2D eigenvalue weighted by Gasteiger charge is 2.39. The molecule has 0 aliphatic carbocycles. The molecule has 0 spiro atoms. The van der Waals surface area contributed by atoms with Crippen LogP contribution in [-0.2, 0) is 24.0 Å². The third-order valence-corrected chi connectivity index (χ3v) is 6.45. The van der Waals surface area contributed by atoms with Crippen molar-refractivity contribution < 1.29 is 19.1 Å². The van der Waals surface area contributed by atoms with Crippen LogP contribution >= 0.6 is 0 Å². The van der Waals surface area contributed by atoms with Gasteiger partial charge in [-0.05, 0) is 42.3 Å². The summed E-state index contributed by atoms with van der Waals surface area (Å²) in [5, 5.41) is 18.8. The monoisotopic (exact) mass is 485 g/mol. The number of rotatable bonds is 4. The number of hydrogen-bond donors (Lipinski definition) is 3. The molecule has 0 saturated heterocycles. The normalized spacial score (nSPS) is 14.2. The Kier molecular flexibility index (Phi) is 5.57. The Hall–Kier alpha value is -4.50. The first-order chi connectivity index (χ1) is 17.2. The number of halogens is 1. The van der Waals surface area contributed by atoms with Gasteiger partial charge in [0, 0.05) is 18.2 Å². The molecule has 9 heteroatoms. The number of primary amides is 1. The number of aryl methyl sites for hydroxylation is 2. The minimum absolute atomic E-state index is 0.0710. The van der Waals surface area contributed by atoms with Crippen molar-refractivity contribution >= 4 is 29.0 Å². The molecule has 1 atom stereocenters. The molecule has 5 rings (SSSR count). The van der Waals surface area contributed by atoms with E-state index in [-0.39, 0.29) is 23.2 Å². The highest BCUT2D eigenvalue weighted by molar-refractivity contribution is 6.08. The predicted octanol–water partition coefficient (Wildman–Crippen LogP) is 3.49. The van der Waals surface area contributed by atoms with E-state index in [4.69, 9.17) is 5.73 Å². The summed E-state index contributed by atoms with van der Waals surface area (Å²) in [5.74, 6) is -1.78. The molecule has 1 aromatic heterocycles. The maximum atomic E-state index is 15.5. The minimum Gasteiger partial charge on any atom is -0.372 e. The quantitative estimate of drug-likeness (QED) is 0.410. The lowest BCUT2D eigenvalue weighted by atomic mass is 9.85. The van der Waals surface area contributed by atoms with E-state index < -0.39 is 23.2 Å². The average molecular weight is 486 g/mol. The summed E-state index contributed by atoms with van der Waals surface area (Å²) < 4.78 is 17.1. The maximum absolute atomic E-state index is 15.5. The van der Waals surface area contributed by atoms with Crippen LogP contribution in [-0.4, -0.2) is 26.7 Å². The number of carbonyl (C=O) groups is 2. The predicted molar refractivity (Wildman–Crippen MR) is 133 cm³/mol. The number of benzene rings is 3. The summed E-state index contributed by atoms with van der Waals surface area (Å²) in [7, 11) is 1.80. The Morgan fingerprint density at radius 2 is 1.83 bits per heavy atom. The van der Waals surface area contributed by atoms with Crippen LogP contribution < -0.4 is 16.0 Å². The average Bonchev–Trinajstić information content (AvgIpc) is 3.11. The van der Waals surface area contributed by atoms with Crippen LogP contribution in [0.5, 0.6) is 0 Å². The molecule has 1 aliphatic rings. The molecule has 2 amide bonds. The van der Waals surface area contributed by atoms with Crippen molar-refractivity contribution in [1.82, 2.24) is 9.78 Å². The summed E-state index contributed by atoms with van der Waals surface area (Å²) in [6.07, 6.45) is 1.66. The number of nitrogens with zero attached hydrogens (tertiary/aromatic N) is 3. The molecular weight excluding hydrogens is 461 g/mol. The van der Waals surface area contributed by atoms with E-state index >= 15 is 4.39 Å². The molecule has 4 aromatic rings. The fourth-order valence-corrected chi connectivity index (χ4v) is 4.50. The molecule has 3 aromatic carbocycles. The SMILES string of the molecule is Cc1ccc2c(c1)Nc1c(cnn1C)CN2C(=O)c1ccc(C(O)(C(N)=O)c2ccccc2)cc1F. The fourth-order valence-electron chi connectivity index (χ4n) is 4.50. The van der Waals surface area contributed by atoms with Gasteiger partial charge in [0.1, 0.15) is 11.6 Å². The van der Waals surface area contributed by atoms with Crippen LogP contribution in [0, 0.1) is 12.7 Å². The van der Waals surface area contributed by atoms with Gasteiger partial charge in [0.05, 0.1) is 29.7 Å². The highest BCUT2D eigenvalue weighted by Crippen LogP contribution is 2.37. The van der Waals surface area contributed by atoms with Crippen molar-refractivity contribution in [2.24, 2.45) is 12.8 Å². The summed E-state index contributed by atoms with van der Waals surface area (Å²) in [4.78, 5) is 27.4. The molecule has 8 nitrogen and oxygen atoms in total. The van der Waals surface area contributed by atoms with Crippen LogP contribution in [0.2, 0.25) is 0 Å². The summed E-state index contributed by atoms with van der Waals surface area (Å²) in [5.41, 5.74) is 6.22. The van der Waals surface area contributed by atoms with Crippen LogP contribution in [0.25, 0.3) is 0 Å². The number of nitrogens with two attached hydrogens (primary N) is 1. The first-order valence-corrected chi connectivity index (χ1v) is 11.3. The standard InChI is InChI=1S/C27H24FN5O3/c1-16-8-11-23-22(12-16)31-24-17(14-30-32(24)2)15-33(23)25(34)20-10-9-19(13-21(20)28)27(36,26(29)35)18-6-4-3-5-7-18/h3-14,31,36H,15H2,1-2H3,(H2,29,35). The number of anilines is 3. The van der Waals surface area contributed by atoms with E-state index in [1.807, 2.05) is 25.1 Å². The number of amides is 2. The van der Waals surface area contributed by atoms with Crippen molar-refractivity contribution in [3.63, 3.8) is 0 Å². The van der Waals surface area contributed by atoms with Gasteiger partial charge in [-0.3, -0.25) is 14.3 Å². The van der Waals surface area contributed by atoms with Gasteiger partial charge >= 0.3 is 0 Å². The molecule has 0 saturated carbocycles. The van der Waals surface area contributed by atoms with Crippen molar-refractivity contribution in [2.45, 2.75) is 19.1 Å². The zero-order chi connectivity index (χ0) is 25.6. The third-order valence-electron chi connectivity index (χ3n) is 6.45. The summed E-state index contributed by atoms with van der Waals surface area (Å²) in [6, 6.07) is 17.2. The number of aliphatic hydroxyl groups is 1. The second-order valence-electron chi connectivity index (χ2n) is 8.81. The first kappa shape index (κ1) is 23.3. The van der Waals surface area contributed by atoms with Crippen molar-refractivity contribution in [2.75, 3.05) is 10.2 Å². The molecule has 1 unspecified atom stereocenters. The van der Waals surface area contributed by atoms with Crippen LogP contribution in [0.3, 0.4) is 0 Å². The Labute approximate surface area is 206 Å². The Morgan fingerprint density at radius 1 is 1.08 bits per heavy atom. The van der Waals surface area contributed by atoms with E-state index in [1.165, 1.54) is 29.2 Å². The van der Waals surface area contributed by atoms with E-state index in [0.717, 1.165) is 23.0 Å². The molecule has 1 aliphatic heterocycles. The lowest BCUT2D eigenvalue weighted by Gasteiger charge is -2.27. The Bertz CT molecular complexity index is 1500. The number of hydrogen-bond acceptors (Lipinski definition) is 5. The second kappa shape index (κ2) is 8.62. The van der Waals surface area contributed by atoms with E-state index in [9.17, 15) is 14.7 Å². The first-order valence-electron chi connectivity index (χ1n) is 11.3. The Balaban J connectivity index is 1.57. The molecule has 0 bridgehead atoms. The fraction of sp³-hybridized carbons (Fsp3) is 0.148. The lowest BCUT2D eigenvalue weighted by Crippen LogP contribution is -2.42. The van der Waals surface area contributed by atoms with E-state index in [0.29, 0.717) is 11.4 Å². The number of carbonyl (C=O) groups excluding carboxylic acids is 2. The summed E-state index contributed by atoms with van der Waals surface area (Å²) >= 11 is 0. The van der Waals surface area contributed by atoms with Crippen LogP contribution in [0.15, 0.2) is 72.9 Å². The van der Waals surface area contributed by atoms with E-state index in [2.05, 4.69) is 10.4 Å². The van der Waals surface area contributed by atoms with Gasteiger partial charge in [0.2, 0.25) is 0 Å². The van der Waals surface area contributed by atoms with Gasteiger partial charge in [0.15, 0.2) is 5.60 Å². The summed E-state index contributed by atoms with van der Waals surface area (Å²) in [6.45, 7) is 2.11. The van der Waals surface area contributed by atoms with Gasteiger partial charge in [-0.1, -0.05) is 42.5 Å². The number of fused-ring (bicyclic) bond motifs is 2. The molecule has 36 heavy (non-hydrogen) atoms. The molecule has 4 N–H and O–H groups in total. The van der Waals surface area contributed by atoms with Gasteiger partial charge in [-0.15, -0.1) is 0 Å². The molecular formula is C27H24FN5O3. The number of nitrogens with one attached hydrogen (secondary N) is 1. The second-order valence-corrected chi connectivity index (χ2v) is 8.81. The van der Waals surface area contributed by atoms with Crippen LogP contribution in [0.1, 0.15) is 32.6 Å². The zero-order valence-corrected chi connectivity index (χ0v) is 19.7.